The van der Waals surface area contributed by atoms with E-state index in [1.807, 2.05) is 31.2 Å². The minimum atomic E-state index is -0.731. The van der Waals surface area contributed by atoms with E-state index in [-0.39, 0.29) is 18.3 Å². The van der Waals surface area contributed by atoms with Crippen molar-refractivity contribution in [2.75, 3.05) is 27.4 Å². The van der Waals surface area contributed by atoms with E-state index in [1.165, 1.54) is 14.2 Å². The van der Waals surface area contributed by atoms with Crippen molar-refractivity contribution in [2.45, 2.75) is 13.5 Å². The molecule has 1 heterocycles. The lowest BCUT2D eigenvalue weighted by atomic mass is 10.2. The predicted molar refractivity (Wildman–Crippen MR) is 109 cm³/mol. The van der Waals surface area contributed by atoms with Gasteiger partial charge in [0.15, 0.2) is 17.3 Å². The third-order valence-electron chi connectivity index (χ3n) is 4.31. The number of nitrogens with one attached hydrogen (secondary N) is 1. The zero-order valence-electron chi connectivity index (χ0n) is 17.0. The van der Waals surface area contributed by atoms with E-state index < -0.39 is 5.76 Å². The molecule has 0 radical (unpaired) electrons. The average Bonchev–Trinajstić information content (AvgIpc) is 3.11. The molecular weight excluding hydrogens is 390 g/mol. The molecule has 0 spiro atoms. The molecule has 0 aliphatic heterocycles. The summed E-state index contributed by atoms with van der Waals surface area (Å²) in [4.78, 5) is 24.3. The van der Waals surface area contributed by atoms with Crippen LogP contribution in [0, 0.1) is 6.92 Å². The van der Waals surface area contributed by atoms with Crippen molar-refractivity contribution in [3.8, 4) is 28.6 Å². The van der Waals surface area contributed by atoms with Gasteiger partial charge in [0.25, 0.3) is 0 Å². The van der Waals surface area contributed by atoms with Gasteiger partial charge >= 0.3 is 5.76 Å². The maximum Gasteiger partial charge on any atom is 0.442 e. The number of nitrogens with zero attached hydrogens (tertiary/aromatic N) is 2. The molecule has 3 aromatic rings. The molecule has 0 bridgehead atoms. The highest BCUT2D eigenvalue weighted by molar-refractivity contribution is 5.76. The molecule has 2 aromatic carbocycles. The standard InChI is InChI=1S/C21H23N3O6/c1-14-5-4-6-16(11-14)29-10-9-22-19(25)13-24-20(23-30-21(24)26)15-7-8-17(27-2)18(12-15)28-3/h4-8,11-12H,9-10,13H2,1-3H3,(H,22,25). The molecule has 3 rings (SSSR count). The largest absolute Gasteiger partial charge is 0.493 e. The lowest BCUT2D eigenvalue weighted by Gasteiger charge is -2.10. The molecule has 1 N–H and O–H groups in total. The number of carbonyl (C=O) groups excluding carboxylic acids is 1. The Balaban J connectivity index is 1.62. The van der Waals surface area contributed by atoms with Gasteiger partial charge in [-0.05, 0) is 42.8 Å². The molecule has 0 atom stereocenters. The van der Waals surface area contributed by atoms with Gasteiger partial charge in [0.05, 0.1) is 20.8 Å². The first kappa shape index (κ1) is 21.0. The highest BCUT2D eigenvalue weighted by atomic mass is 16.5. The lowest BCUT2D eigenvalue weighted by molar-refractivity contribution is -0.121. The summed E-state index contributed by atoms with van der Waals surface area (Å²) < 4.78 is 22.0. The van der Waals surface area contributed by atoms with E-state index >= 15 is 0 Å². The van der Waals surface area contributed by atoms with Crippen molar-refractivity contribution in [3.05, 3.63) is 58.6 Å². The van der Waals surface area contributed by atoms with Crippen LogP contribution < -0.4 is 25.3 Å². The Morgan fingerprint density at radius 2 is 1.93 bits per heavy atom. The zero-order valence-corrected chi connectivity index (χ0v) is 17.0. The Morgan fingerprint density at radius 1 is 1.13 bits per heavy atom. The maximum atomic E-state index is 12.3. The molecule has 30 heavy (non-hydrogen) atoms. The Hall–Kier alpha value is -3.75. The summed E-state index contributed by atoms with van der Waals surface area (Å²) in [5, 5.41) is 6.50. The van der Waals surface area contributed by atoms with Crippen molar-refractivity contribution >= 4 is 5.91 Å². The molecule has 0 aliphatic carbocycles. The second-order valence-electron chi connectivity index (χ2n) is 6.44. The Bertz CT molecular complexity index is 1070. The van der Waals surface area contributed by atoms with Crippen molar-refractivity contribution in [1.82, 2.24) is 15.0 Å². The monoisotopic (exact) mass is 413 g/mol. The third kappa shape index (κ3) is 4.99. The van der Waals surface area contributed by atoms with Gasteiger partial charge in [-0.15, -0.1) is 0 Å². The second kappa shape index (κ2) is 9.64. The maximum absolute atomic E-state index is 12.3. The fourth-order valence-electron chi connectivity index (χ4n) is 2.85. The SMILES string of the molecule is COc1ccc(-c2noc(=O)n2CC(=O)NCCOc2cccc(C)c2)cc1OC. The summed E-state index contributed by atoms with van der Waals surface area (Å²) in [5.74, 6) is 0.850. The summed E-state index contributed by atoms with van der Waals surface area (Å²) >= 11 is 0. The topological polar surface area (TPSA) is 105 Å². The normalized spacial score (nSPS) is 10.5. The Kier molecular flexibility index (Phi) is 6.74. The average molecular weight is 413 g/mol. The van der Waals surface area contributed by atoms with E-state index in [9.17, 15) is 9.59 Å². The number of amides is 1. The van der Waals surface area contributed by atoms with E-state index in [2.05, 4.69) is 10.5 Å². The fraction of sp³-hybridized carbons (Fsp3) is 0.286. The number of aromatic nitrogens is 2. The zero-order chi connectivity index (χ0) is 21.5. The van der Waals surface area contributed by atoms with E-state index in [0.717, 1.165) is 15.9 Å². The van der Waals surface area contributed by atoms with E-state index in [0.29, 0.717) is 30.2 Å². The minimum Gasteiger partial charge on any atom is -0.493 e. The van der Waals surface area contributed by atoms with Gasteiger partial charge < -0.3 is 19.5 Å². The van der Waals surface area contributed by atoms with Gasteiger partial charge in [0, 0.05) is 5.56 Å². The number of aryl methyl sites for hydroxylation is 1. The number of hydrogen-bond donors (Lipinski definition) is 1. The van der Waals surface area contributed by atoms with Crippen molar-refractivity contribution in [2.24, 2.45) is 0 Å². The van der Waals surface area contributed by atoms with Crippen molar-refractivity contribution < 1.29 is 23.5 Å². The predicted octanol–water partition coefficient (Wildman–Crippen LogP) is 2.02. The number of methoxy groups -OCH3 is 2. The van der Waals surface area contributed by atoms with Gasteiger partial charge in [-0.2, -0.15) is 0 Å². The first-order valence-corrected chi connectivity index (χ1v) is 9.27. The molecule has 158 valence electrons. The Labute approximate surface area is 173 Å². The Morgan fingerprint density at radius 3 is 2.67 bits per heavy atom. The molecule has 1 aromatic heterocycles. The van der Waals surface area contributed by atoms with Gasteiger partial charge in [-0.1, -0.05) is 17.3 Å². The number of ether oxygens (including phenoxy) is 3. The molecule has 0 fully saturated rings. The summed E-state index contributed by atoms with van der Waals surface area (Å²) in [5.41, 5.74) is 1.64. The van der Waals surface area contributed by atoms with E-state index in [4.69, 9.17) is 18.7 Å². The van der Waals surface area contributed by atoms with Crippen LogP contribution in [0.2, 0.25) is 0 Å². The summed E-state index contributed by atoms with van der Waals surface area (Å²) in [6.45, 7) is 2.33. The molecule has 1 amide bonds. The number of rotatable bonds is 9. The number of hydrogen-bond acceptors (Lipinski definition) is 7. The van der Waals surface area contributed by atoms with Crippen LogP contribution in [0.4, 0.5) is 0 Å². The smallest absolute Gasteiger partial charge is 0.442 e. The van der Waals surface area contributed by atoms with Crippen LogP contribution in [-0.2, 0) is 11.3 Å². The van der Waals surface area contributed by atoms with Crippen LogP contribution in [0.1, 0.15) is 5.56 Å². The molecule has 0 saturated carbocycles. The van der Waals surface area contributed by atoms with Crippen LogP contribution >= 0.6 is 0 Å². The molecule has 0 unspecified atom stereocenters. The summed E-state index contributed by atoms with van der Waals surface area (Å²) in [7, 11) is 3.03. The highest BCUT2D eigenvalue weighted by Gasteiger charge is 2.17. The molecule has 0 aliphatic rings. The minimum absolute atomic E-state index is 0.215. The fourth-order valence-corrected chi connectivity index (χ4v) is 2.85. The van der Waals surface area contributed by atoms with Crippen molar-refractivity contribution in [1.29, 1.82) is 0 Å². The molecule has 0 saturated heterocycles. The van der Waals surface area contributed by atoms with Crippen molar-refractivity contribution in [3.63, 3.8) is 0 Å². The number of benzene rings is 2. The van der Waals surface area contributed by atoms with Gasteiger partial charge in [-0.3, -0.25) is 9.32 Å². The van der Waals surface area contributed by atoms with Gasteiger partial charge in [0.2, 0.25) is 5.91 Å². The first-order chi connectivity index (χ1) is 14.5. The van der Waals surface area contributed by atoms with Crippen LogP contribution in [-0.4, -0.2) is 43.0 Å². The van der Waals surface area contributed by atoms with Crippen LogP contribution in [0.15, 0.2) is 51.8 Å². The second-order valence-corrected chi connectivity index (χ2v) is 6.44. The first-order valence-electron chi connectivity index (χ1n) is 9.27. The van der Waals surface area contributed by atoms with Gasteiger partial charge in [-0.25, -0.2) is 9.36 Å². The third-order valence-corrected chi connectivity index (χ3v) is 4.31. The summed E-state index contributed by atoms with van der Waals surface area (Å²) in [6.07, 6.45) is 0. The van der Waals surface area contributed by atoms with Crippen LogP contribution in [0.5, 0.6) is 17.2 Å². The number of carbonyl (C=O) groups is 1. The summed E-state index contributed by atoms with van der Waals surface area (Å²) in [6, 6.07) is 12.7. The van der Waals surface area contributed by atoms with Crippen LogP contribution in [0.25, 0.3) is 11.4 Å². The van der Waals surface area contributed by atoms with Crippen LogP contribution in [0.3, 0.4) is 0 Å². The van der Waals surface area contributed by atoms with Gasteiger partial charge in [0.1, 0.15) is 18.9 Å². The quantitative estimate of drug-likeness (QED) is 0.535. The molecule has 9 heteroatoms. The lowest BCUT2D eigenvalue weighted by Crippen LogP contribution is -2.33. The molecular formula is C21H23N3O6. The van der Waals surface area contributed by atoms with E-state index in [1.54, 1.807) is 18.2 Å². The highest BCUT2D eigenvalue weighted by Crippen LogP contribution is 2.31. The molecule has 9 nitrogen and oxygen atoms in total.